The standard InChI is InChI=1S/C11H14F3N3O2S/c1-11(2,10(15)16)5-17-20(18,19)9-7(13)3-6(12)4-8(9)14/h3-4,17H,5H2,1-2H3,(H3,15,16). The van der Waals surface area contributed by atoms with Gasteiger partial charge >= 0.3 is 0 Å². The summed E-state index contributed by atoms with van der Waals surface area (Å²) in [6.45, 7) is 2.63. The van der Waals surface area contributed by atoms with Gasteiger partial charge in [0.05, 0.1) is 5.84 Å². The Morgan fingerprint density at radius 2 is 1.75 bits per heavy atom. The van der Waals surface area contributed by atoms with Crippen LogP contribution in [-0.2, 0) is 10.0 Å². The number of halogens is 3. The Labute approximate surface area is 114 Å². The highest BCUT2D eigenvalue weighted by molar-refractivity contribution is 7.89. The second-order valence-electron chi connectivity index (χ2n) is 4.82. The third-order valence-electron chi connectivity index (χ3n) is 2.67. The second kappa shape index (κ2) is 5.41. The van der Waals surface area contributed by atoms with Crippen LogP contribution in [0.25, 0.3) is 0 Å². The molecule has 0 saturated heterocycles. The van der Waals surface area contributed by atoms with Crippen LogP contribution < -0.4 is 10.5 Å². The van der Waals surface area contributed by atoms with Crippen molar-refractivity contribution in [3.63, 3.8) is 0 Å². The molecule has 0 radical (unpaired) electrons. The average Bonchev–Trinajstić information content (AvgIpc) is 2.24. The van der Waals surface area contributed by atoms with Crippen molar-refractivity contribution in [3.05, 3.63) is 29.6 Å². The largest absolute Gasteiger partial charge is 0.387 e. The molecule has 1 aromatic rings. The van der Waals surface area contributed by atoms with Gasteiger partial charge in [0, 0.05) is 24.1 Å². The van der Waals surface area contributed by atoms with Crippen LogP contribution in [0.4, 0.5) is 13.2 Å². The molecule has 0 bridgehead atoms. The van der Waals surface area contributed by atoms with E-state index in [9.17, 15) is 21.6 Å². The van der Waals surface area contributed by atoms with E-state index < -0.39 is 37.8 Å². The lowest BCUT2D eigenvalue weighted by Gasteiger charge is -2.23. The summed E-state index contributed by atoms with van der Waals surface area (Å²) in [7, 11) is -4.52. The summed E-state index contributed by atoms with van der Waals surface area (Å²) in [4.78, 5) is -1.27. The van der Waals surface area contributed by atoms with E-state index in [0.717, 1.165) is 0 Å². The lowest BCUT2D eigenvalue weighted by molar-refractivity contribution is 0.475. The van der Waals surface area contributed by atoms with Crippen LogP contribution in [-0.4, -0.2) is 20.8 Å². The van der Waals surface area contributed by atoms with Gasteiger partial charge in [0.15, 0.2) is 4.90 Å². The third kappa shape index (κ3) is 3.48. The van der Waals surface area contributed by atoms with Gasteiger partial charge in [-0.25, -0.2) is 26.3 Å². The molecule has 20 heavy (non-hydrogen) atoms. The molecule has 0 aromatic heterocycles. The van der Waals surface area contributed by atoms with Crippen molar-refractivity contribution in [1.29, 1.82) is 5.41 Å². The van der Waals surface area contributed by atoms with Crippen molar-refractivity contribution in [2.24, 2.45) is 11.1 Å². The van der Waals surface area contributed by atoms with Crippen LogP contribution in [0, 0.1) is 28.3 Å². The summed E-state index contributed by atoms with van der Waals surface area (Å²) >= 11 is 0. The average molecular weight is 309 g/mol. The lowest BCUT2D eigenvalue weighted by Crippen LogP contribution is -2.42. The highest BCUT2D eigenvalue weighted by Crippen LogP contribution is 2.21. The summed E-state index contributed by atoms with van der Waals surface area (Å²) in [5, 5.41) is 7.27. The minimum Gasteiger partial charge on any atom is -0.387 e. The molecule has 0 aliphatic heterocycles. The maximum Gasteiger partial charge on any atom is 0.246 e. The maximum absolute atomic E-state index is 13.4. The summed E-state index contributed by atoms with van der Waals surface area (Å²) in [6.07, 6.45) is 0. The monoisotopic (exact) mass is 309 g/mol. The first-order chi connectivity index (χ1) is 8.97. The van der Waals surface area contributed by atoms with Crippen LogP contribution >= 0.6 is 0 Å². The van der Waals surface area contributed by atoms with Gasteiger partial charge in [-0.2, -0.15) is 0 Å². The minimum absolute atomic E-state index is 0.272. The Hall–Kier alpha value is -1.61. The summed E-state index contributed by atoms with van der Waals surface area (Å²) in [5.74, 6) is -4.57. The van der Waals surface area contributed by atoms with Crippen molar-refractivity contribution in [2.45, 2.75) is 18.7 Å². The van der Waals surface area contributed by atoms with E-state index in [1.807, 2.05) is 4.72 Å². The van der Waals surface area contributed by atoms with E-state index in [1.165, 1.54) is 13.8 Å². The van der Waals surface area contributed by atoms with Crippen LogP contribution in [0.1, 0.15) is 13.8 Å². The van der Waals surface area contributed by atoms with E-state index in [2.05, 4.69) is 0 Å². The van der Waals surface area contributed by atoms with Gasteiger partial charge in [-0.15, -0.1) is 0 Å². The zero-order chi connectivity index (χ0) is 15.7. The number of benzene rings is 1. The van der Waals surface area contributed by atoms with Crippen molar-refractivity contribution in [1.82, 2.24) is 4.72 Å². The Bertz CT molecular complexity index is 621. The summed E-state index contributed by atoms with van der Waals surface area (Å²) in [5.41, 5.74) is 4.24. The third-order valence-corrected chi connectivity index (χ3v) is 4.12. The number of nitrogens with one attached hydrogen (secondary N) is 2. The van der Waals surface area contributed by atoms with E-state index >= 15 is 0 Å². The first-order valence-corrected chi connectivity index (χ1v) is 6.94. The molecule has 1 aromatic carbocycles. The molecule has 9 heteroatoms. The molecule has 0 aliphatic carbocycles. The second-order valence-corrected chi connectivity index (χ2v) is 6.52. The lowest BCUT2D eigenvalue weighted by atomic mass is 9.93. The number of hydrogen-bond donors (Lipinski definition) is 3. The van der Waals surface area contributed by atoms with E-state index in [-0.39, 0.29) is 24.5 Å². The Balaban J connectivity index is 3.11. The fraction of sp³-hybridized carbons (Fsp3) is 0.364. The Kier molecular flexibility index (Phi) is 4.45. The topological polar surface area (TPSA) is 96.0 Å². The predicted molar refractivity (Wildman–Crippen MR) is 67.2 cm³/mol. The first-order valence-electron chi connectivity index (χ1n) is 5.46. The van der Waals surface area contributed by atoms with Crippen molar-refractivity contribution >= 4 is 15.9 Å². The Morgan fingerprint density at radius 1 is 1.30 bits per heavy atom. The maximum atomic E-state index is 13.4. The molecular formula is C11H14F3N3O2S. The normalized spacial score (nSPS) is 12.4. The quantitative estimate of drug-likeness (QED) is 0.566. The molecule has 5 nitrogen and oxygen atoms in total. The summed E-state index contributed by atoms with van der Waals surface area (Å²) in [6, 6.07) is 0.543. The number of rotatable bonds is 5. The molecule has 4 N–H and O–H groups in total. The molecule has 0 amide bonds. The highest BCUT2D eigenvalue weighted by Gasteiger charge is 2.29. The zero-order valence-corrected chi connectivity index (χ0v) is 11.6. The summed E-state index contributed by atoms with van der Waals surface area (Å²) < 4.78 is 65.2. The number of amidine groups is 1. The van der Waals surface area contributed by atoms with E-state index in [4.69, 9.17) is 11.1 Å². The molecule has 0 atom stereocenters. The minimum atomic E-state index is -4.52. The first kappa shape index (κ1) is 16.4. The predicted octanol–water partition coefficient (Wildman–Crippen LogP) is 1.34. The fourth-order valence-electron chi connectivity index (χ4n) is 1.23. The smallest absolute Gasteiger partial charge is 0.246 e. The zero-order valence-electron chi connectivity index (χ0n) is 10.8. The van der Waals surface area contributed by atoms with Gasteiger partial charge in [-0.1, -0.05) is 13.8 Å². The van der Waals surface area contributed by atoms with Crippen molar-refractivity contribution in [3.8, 4) is 0 Å². The van der Waals surface area contributed by atoms with Crippen LogP contribution in [0.5, 0.6) is 0 Å². The molecule has 0 heterocycles. The molecule has 0 fully saturated rings. The fourth-order valence-corrected chi connectivity index (χ4v) is 2.56. The van der Waals surface area contributed by atoms with Gasteiger partial charge < -0.3 is 5.73 Å². The molecular weight excluding hydrogens is 295 g/mol. The Morgan fingerprint density at radius 3 is 2.15 bits per heavy atom. The van der Waals surface area contributed by atoms with Gasteiger partial charge in [0.25, 0.3) is 0 Å². The molecule has 0 unspecified atom stereocenters. The van der Waals surface area contributed by atoms with E-state index in [1.54, 1.807) is 0 Å². The van der Waals surface area contributed by atoms with Gasteiger partial charge in [0.2, 0.25) is 10.0 Å². The van der Waals surface area contributed by atoms with Gasteiger partial charge in [-0.05, 0) is 0 Å². The van der Waals surface area contributed by atoms with Crippen molar-refractivity contribution < 1.29 is 21.6 Å². The number of sulfonamides is 1. The molecule has 0 aliphatic rings. The number of hydrogen-bond acceptors (Lipinski definition) is 3. The SMILES string of the molecule is CC(C)(CNS(=O)(=O)c1c(F)cc(F)cc1F)C(=N)N. The molecule has 0 spiro atoms. The van der Waals surface area contributed by atoms with Crippen LogP contribution in [0.2, 0.25) is 0 Å². The van der Waals surface area contributed by atoms with Crippen molar-refractivity contribution in [2.75, 3.05) is 6.54 Å². The molecule has 0 saturated carbocycles. The molecule has 1 rings (SSSR count). The molecule has 112 valence electrons. The van der Waals surface area contributed by atoms with Gasteiger partial charge in [-0.3, -0.25) is 5.41 Å². The highest BCUT2D eigenvalue weighted by atomic mass is 32.2. The number of nitrogens with two attached hydrogens (primary N) is 1. The van der Waals surface area contributed by atoms with E-state index in [0.29, 0.717) is 0 Å². The van der Waals surface area contributed by atoms with Crippen LogP contribution in [0.15, 0.2) is 17.0 Å². The van der Waals surface area contributed by atoms with Gasteiger partial charge in [0.1, 0.15) is 17.5 Å². The van der Waals surface area contributed by atoms with Crippen LogP contribution in [0.3, 0.4) is 0 Å².